The number of alkyl carbamates (subject to hydrolysis) is 1. The van der Waals surface area contributed by atoms with Gasteiger partial charge < -0.3 is 15.0 Å². The Morgan fingerprint density at radius 3 is 2.31 bits per heavy atom. The van der Waals surface area contributed by atoms with Crippen molar-refractivity contribution in [3.8, 4) is 0 Å². The van der Waals surface area contributed by atoms with Crippen LogP contribution >= 0.6 is 0 Å². The van der Waals surface area contributed by atoms with Gasteiger partial charge in [0.15, 0.2) is 0 Å². The number of amides is 1. The minimum absolute atomic E-state index is 0.192. The first-order chi connectivity index (χ1) is 15.0. The lowest BCUT2D eigenvalue weighted by Crippen LogP contribution is -2.47. The third-order valence-electron chi connectivity index (χ3n) is 6.33. The number of hydrogen-bond acceptors (Lipinski definition) is 4. The summed E-state index contributed by atoms with van der Waals surface area (Å²) in [5.74, 6) is 0.660. The molecule has 2 aliphatic rings. The number of piperazine rings is 1. The van der Waals surface area contributed by atoms with Crippen LogP contribution in [0.2, 0.25) is 0 Å². The van der Waals surface area contributed by atoms with E-state index in [0.29, 0.717) is 11.6 Å². The number of nitrogens with zero attached hydrogens (tertiary/aromatic N) is 2. The zero-order valence-electron chi connectivity index (χ0n) is 19.4. The number of anilines is 1. The number of ether oxygens (including phenoxy) is 1. The van der Waals surface area contributed by atoms with Crippen molar-refractivity contribution in [3.05, 3.63) is 29.8 Å². The summed E-state index contributed by atoms with van der Waals surface area (Å²) in [5, 5.41) is 2.99. The van der Waals surface area contributed by atoms with Crippen molar-refractivity contribution in [1.82, 2.24) is 10.2 Å². The van der Waals surface area contributed by atoms with Crippen molar-refractivity contribution < 1.29 is 22.7 Å². The summed E-state index contributed by atoms with van der Waals surface area (Å²) in [4.78, 5) is 16.4. The zero-order valence-corrected chi connectivity index (χ0v) is 19.4. The lowest BCUT2D eigenvalue weighted by atomic mass is 9.84. The molecule has 1 heterocycles. The molecule has 32 heavy (non-hydrogen) atoms. The van der Waals surface area contributed by atoms with Gasteiger partial charge in [0.1, 0.15) is 5.60 Å². The molecule has 1 aromatic rings. The monoisotopic (exact) mass is 455 g/mol. The molecule has 8 heteroatoms. The molecule has 1 saturated carbocycles. The standard InChI is InChI=1S/C24H36F3N3O2/c1-23(2,3)32-22(31)28-20-9-7-18(8-10-20)11-12-29-13-15-30(16-14-29)21-6-4-5-19(17-21)24(25,26)27/h4-6,17-18,20H,7-16H2,1-3H3,(H,28,31)/t18-,20-. The van der Waals surface area contributed by atoms with E-state index in [1.165, 1.54) is 12.1 Å². The Balaban J connectivity index is 1.35. The van der Waals surface area contributed by atoms with Crippen molar-refractivity contribution in [3.63, 3.8) is 0 Å². The number of nitrogens with one attached hydrogen (secondary N) is 1. The van der Waals surface area contributed by atoms with Gasteiger partial charge in [-0.05, 0) is 83.5 Å². The van der Waals surface area contributed by atoms with Gasteiger partial charge in [-0.3, -0.25) is 4.90 Å². The van der Waals surface area contributed by atoms with Crippen LogP contribution < -0.4 is 10.2 Å². The first-order valence-corrected chi connectivity index (χ1v) is 11.6. The van der Waals surface area contributed by atoms with Gasteiger partial charge in [0.05, 0.1) is 5.56 Å². The van der Waals surface area contributed by atoms with Crippen LogP contribution in [-0.2, 0) is 10.9 Å². The fourth-order valence-electron chi connectivity index (χ4n) is 4.54. The molecule has 0 atom stereocenters. The third-order valence-corrected chi connectivity index (χ3v) is 6.33. The number of carbonyl (C=O) groups is 1. The minimum Gasteiger partial charge on any atom is -0.444 e. The molecule has 0 radical (unpaired) electrons. The predicted molar refractivity (Wildman–Crippen MR) is 120 cm³/mol. The van der Waals surface area contributed by atoms with E-state index in [9.17, 15) is 18.0 Å². The number of alkyl halides is 3. The molecule has 0 aromatic heterocycles. The number of carbonyl (C=O) groups excluding carboxylic acids is 1. The van der Waals surface area contributed by atoms with Crippen molar-refractivity contribution in [2.45, 2.75) is 70.7 Å². The normalized spacial score (nSPS) is 23.1. The van der Waals surface area contributed by atoms with Crippen molar-refractivity contribution in [2.24, 2.45) is 5.92 Å². The van der Waals surface area contributed by atoms with Crippen LogP contribution in [0.4, 0.5) is 23.7 Å². The van der Waals surface area contributed by atoms with Crippen molar-refractivity contribution in [1.29, 1.82) is 0 Å². The molecule has 2 fully saturated rings. The summed E-state index contributed by atoms with van der Waals surface area (Å²) in [6.07, 6.45) is 0.650. The van der Waals surface area contributed by atoms with Crippen LogP contribution in [0.3, 0.4) is 0 Å². The summed E-state index contributed by atoms with van der Waals surface area (Å²) in [7, 11) is 0. The second kappa shape index (κ2) is 10.3. The van der Waals surface area contributed by atoms with Crippen molar-refractivity contribution in [2.75, 3.05) is 37.6 Å². The van der Waals surface area contributed by atoms with Crippen LogP contribution in [0.25, 0.3) is 0 Å². The molecule has 1 aromatic carbocycles. The first kappa shape index (κ1) is 24.7. The molecule has 1 saturated heterocycles. The van der Waals surface area contributed by atoms with Crippen LogP contribution in [0.5, 0.6) is 0 Å². The summed E-state index contributed by atoms with van der Waals surface area (Å²) in [6.45, 7) is 9.83. The molecule has 1 N–H and O–H groups in total. The predicted octanol–water partition coefficient (Wildman–Crippen LogP) is 5.30. The number of benzene rings is 1. The van der Waals surface area contributed by atoms with Gasteiger partial charge in [-0.25, -0.2) is 4.79 Å². The Morgan fingerprint density at radius 1 is 1.06 bits per heavy atom. The fourth-order valence-corrected chi connectivity index (χ4v) is 4.54. The SMILES string of the molecule is CC(C)(C)OC(=O)N[C@H]1CC[C@H](CCN2CCN(c3cccc(C(F)(F)F)c3)CC2)CC1. The van der Waals surface area contributed by atoms with E-state index < -0.39 is 17.3 Å². The Hall–Kier alpha value is -1.96. The molecular weight excluding hydrogens is 419 g/mol. The number of halogens is 3. The van der Waals surface area contributed by atoms with E-state index in [0.717, 1.165) is 70.9 Å². The summed E-state index contributed by atoms with van der Waals surface area (Å²) in [6, 6.07) is 5.81. The van der Waals surface area contributed by atoms with Gasteiger partial charge in [-0.2, -0.15) is 13.2 Å². The maximum atomic E-state index is 13.0. The van der Waals surface area contributed by atoms with Gasteiger partial charge in [0.25, 0.3) is 0 Å². The Bertz CT molecular complexity index is 748. The van der Waals surface area contributed by atoms with Gasteiger partial charge in [0, 0.05) is 37.9 Å². The average molecular weight is 456 g/mol. The molecule has 1 aliphatic heterocycles. The minimum atomic E-state index is -4.31. The lowest BCUT2D eigenvalue weighted by molar-refractivity contribution is -0.137. The molecule has 1 aliphatic carbocycles. The highest BCUT2D eigenvalue weighted by Crippen LogP contribution is 2.32. The molecule has 3 rings (SSSR count). The zero-order chi connectivity index (χ0) is 23.4. The van der Waals surface area contributed by atoms with Gasteiger partial charge in [-0.1, -0.05) is 6.07 Å². The van der Waals surface area contributed by atoms with Crippen LogP contribution in [0.15, 0.2) is 24.3 Å². The van der Waals surface area contributed by atoms with Crippen molar-refractivity contribution >= 4 is 11.8 Å². The second-order valence-electron chi connectivity index (χ2n) is 10.0. The number of rotatable bonds is 5. The van der Waals surface area contributed by atoms with E-state index in [1.54, 1.807) is 6.07 Å². The van der Waals surface area contributed by atoms with E-state index >= 15 is 0 Å². The molecule has 0 bridgehead atoms. The molecule has 1 amide bonds. The number of hydrogen-bond donors (Lipinski definition) is 1. The average Bonchev–Trinajstić information content (AvgIpc) is 2.72. The largest absolute Gasteiger partial charge is 0.444 e. The summed E-state index contributed by atoms with van der Waals surface area (Å²) < 4.78 is 44.3. The van der Waals surface area contributed by atoms with E-state index in [1.807, 2.05) is 25.7 Å². The second-order valence-corrected chi connectivity index (χ2v) is 10.0. The fraction of sp³-hybridized carbons (Fsp3) is 0.708. The van der Waals surface area contributed by atoms with E-state index in [-0.39, 0.29) is 12.1 Å². The quantitative estimate of drug-likeness (QED) is 0.654. The Labute approximate surface area is 189 Å². The molecule has 0 unspecified atom stereocenters. The van der Waals surface area contributed by atoms with Gasteiger partial charge in [-0.15, -0.1) is 0 Å². The highest BCUT2D eigenvalue weighted by atomic mass is 19.4. The first-order valence-electron chi connectivity index (χ1n) is 11.6. The van der Waals surface area contributed by atoms with E-state index in [2.05, 4.69) is 10.2 Å². The Morgan fingerprint density at radius 2 is 1.72 bits per heavy atom. The lowest BCUT2D eigenvalue weighted by Gasteiger charge is -2.37. The third kappa shape index (κ3) is 7.57. The molecule has 5 nitrogen and oxygen atoms in total. The summed E-state index contributed by atoms with van der Waals surface area (Å²) >= 11 is 0. The van der Waals surface area contributed by atoms with Crippen LogP contribution in [0.1, 0.15) is 58.4 Å². The molecule has 180 valence electrons. The smallest absolute Gasteiger partial charge is 0.416 e. The Kier molecular flexibility index (Phi) is 7.96. The molecule has 0 spiro atoms. The van der Waals surface area contributed by atoms with Gasteiger partial charge in [0.2, 0.25) is 0 Å². The molecular formula is C24H36F3N3O2. The van der Waals surface area contributed by atoms with Gasteiger partial charge >= 0.3 is 12.3 Å². The van der Waals surface area contributed by atoms with E-state index in [4.69, 9.17) is 4.74 Å². The van der Waals surface area contributed by atoms with Crippen LogP contribution in [0, 0.1) is 5.92 Å². The van der Waals surface area contributed by atoms with Crippen LogP contribution in [-0.4, -0.2) is 55.4 Å². The topological polar surface area (TPSA) is 44.8 Å². The highest BCUT2D eigenvalue weighted by molar-refractivity contribution is 5.68. The maximum absolute atomic E-state index is 13.0. The maximum Gasteiger partial charge on any atom is 0.416 e. The highest BCUT2D eigenvalue weighted by Gasteiger charge is 2.31. The summed E-state index contributed by atoms with van der Waals surface area (Å²) in [5.41, 5.74) is -0.420.